The standard InChI is InChI=1S/C47H61N7O6S/c1-8-53-40-12-11-28-17-34(40)36(43(53)35-18-30(21-48-42(35)27(3)58-7)29-15-31-22-59-23-32(16-29)52(31)6)20-47(4,5)25-60-46(57)37-10-9-13-54(51-37)45(56)38(19-41-49-39(28)24-61-41)50-44(55)33-14-26(33)2/h11-12,17-18,21,24,26-27,29,31-33,37-38,51H,8-10,13-16,19-20,22-23,25H2,1-7H3,(H,50,55)/t26-,27-,29?,31?,32?,33-,37-,38-/m0/s1. The van der Waals surface area contributed by atoms with Crippen LogP contribution in [0.4, 0.5) is 0 Å². The summed E-state index contributed by atoms with van der Waals surface area (Å²) in [6.45, 7) is 13.5. The number of esters is 1. The fraction of sp³-hybridized carbons (Fsp3) is 0.596. The lowest BCUT2D eigenvalue weighted by Gasteiger charge is -2.46. The maximum atomic E-state index is 14.2. The molecule has 2 amide bonds. The molecule has 4 aliphatic heterocycles. The van der Waals surface area contributed by atoms with Gasteiger partial charge in [-0.2, -0.15) is 0 Å². The largest absolute Gasteiger partial charge is 0.464 e. The van der Waals surface area contributed by atoms with E-state index in [1.54, 1.807) is 7.11 Å². The zero-order chi connectivity index (χ0) is 42.7. The molecular weight excluding hydrogens is 791 g/mol. The van der Waals surface area contributed by atoms with Crippen LogP contribution in [-0.4, -0.2) is 107 Å². The number of carbonyl (C=O) groups is 3. The highest BCUT2D eigenvalue weighted by Crippen LogP contribution is 2.45. The van der Waals surface area contributed by atoms with Gasteiger partial charge in [-0.1, -0.05) is 26.8 Å². The first-order valence-electron chi connectivity index (χ1n) is 22.3. The summed E-state index contributed by atoms with van der Waals surface area (Å²) >= 11 is 1.50. The van der Waals surface area contributed by atoms with Crippen molar-refractivity contribution in [2.24, 2.45) is 17.3 Å². The zero-order valence-corrected chi connectivity index (χ0v) is 37.5. The van der Waals surface area contributed by atoms with Gasteiger partial charge in [-0.3, -0.25) is 29.3 Å². The number of aryl methyl sites for hydroxylation is 1. The molecule has 9 rings (SSSR count). The molecule has 0 radical (unpaired) electrons. The van der Waals surface area contributed by atoms with Crippen molar-refractivity contribution in [1.29, 1.82) is 0 Å². The highest BCUT2D eigenvalue weighted by Gasteiger charge is 2.42. The van der Waals surface area contributed by atoms with Crippen molar-refractivity contribution in [1.82, 2.24) is 35.2 Å². The van der Waals surface area contributed by atoms with E-state index < -0.39 is 17.5 Å². The predicted molar refractivity (Wildman–Crippen MR) is 235 cm³/mol. The minimum Gasteiger partial charge on any atom is -0.464 e. The van der Waals surface area contributed by atoms with E-state index in [0.29, 0.717) is 49.7 Å². The van der Waals surface area contributed by atoms with Crippen LogP contribution in [0.15, 0.2) is 35.8 Å². The quantitative estimate of drug-likeness (QED) is 0.200. The van der Waals surface area contributed by atoms with Gasteiger partial charge in [0.05, 0.1) is 48.0 Å². The number of amides is 2. The molecule has 5 aliphatic rings. The van der Waals surface area contributed by atoms with E-state index in [-0.39, 0.29) is 42.8 Å². The first kappa shape index (κ1) is 42.1. The number of rotatable bonds is 7. The molecule has 0 spiro atoms. The van der Waals surface area contributed by atoms with Gasteiger partial charge in [0.25, 0.3) is 5.91 Å². The smallest absolute Gasteiger partial charge is 0.324 e. The Morgan fingerprint density at radius 2 is 1.92 bits per heavy atom. The van der Waals surface area contributed by atoms with Gasteiger partial charge in [-0.15, -0.1) is 11.3 Å². The van der Waals surface area contributed by atoms with E-state index in [4.69, 9.17) is 24.2 Å². The highest BCUT2D eigenvalue weighted by molar-refractivity contribution is 7.10. The third kappa shape index (κ3) is 8.26. The number of likely N-dealkylation sites (N-methyl/N-ethyl adjacent to an activating group) is 1. The summed E-state index contributed by atoms with van der Waals surface area (Å²) in [6, 6.07) is 8.21. The summed E-state index contributed by atoms with van der Waals surface area (Å²) in [4.78, 5) is 54.1. The molecule has 8 bridgehead atoms. The number of hydrogen-bond donors (Lipinski definition) is 2. The maximum Gasteiger partial charge on any atom is 0.324 e. The third-order valence-electron chi connectivity index (χ3n) is 14.1. The fourth-order valence-corrected chi connectivity index (χ4v) is 11.0. The summed E-state index contributed by atoms with van der Waals surface area (Å²) in [6.07, 6.45) is 6.71. The second-order valence-corrected chi connectivity index (χ2v) is 20.0. The molecule has 2 N–H and O–H groups in total. The van der Waals surface area contributed by atoms with Gasteiger partial charge in [-0.05, 0) is 101 Å². The van der Waals surface area contributed by atoms with Gasteiger partial charge in [-0.25, -0.2) is 10.4 Å². The van der Waals surface area contributed by atoms with Crippen LogP contribution in [0, 0.1) is 17.3 Å². The van der Waals surface area contributed by atoms with Crippen LogP contribution < -0.4 is 10.7 Å². The Balaban J connectivity index is 1.17. The number of piperidine rings is 1. The number of thiazole rings is 1. The number of aromatic nitrogens is 3. The Bertz CT molecular complexity index is 2310. The second kappa shape index (κ2) is 16.8. The number of hydrazine groups is 1. The number of nitrogens with zero attached hydrogens (tertiary/aromatic N) is 5. The number of methoxy groups -OCH3 is 1. The molecule has 7 heterocycles. The van der Waals surface area contributed by atoms with Gasteiger partial charge >= 0.3 is 5.97 Å². The predicted octanol–water partition coefficient (Wildman–Crippen LogP) is 6.44. The maximum absolute atomic E-state index is 14.2. The normalized spacial score (nSPS) is 28.6. The van der Waals surface area contributed by atoms with E-state index in [9.17, 15) is 14.4 Å². The summed E-state index contributed by atoms with van der Waals surface area (Å²) in [5.74, 6) is -0.209. The number of hydrogen-bond acceptors (Lipinski definition) is 11. The average Bonchev–Trinajstić information content (AvgIpc) is 3.67. The SMILES string of the molecule is CCn1c(-c2cc(C3CC4COCC(C3)N4C)cnc2[C@H](C)OC)c2c3cc(ccc31)-c1csc(n1)C[C@H](NC(=O)[C@H]1C[C@@H]1C)C(=O)N1CCC[C@H](N1)C(=O)OCC(C)(C)C2. The monoisotopic (exact) mass is 851 g/mol. The fourth-order valence-electron chi connectivity index (χ4n) is 10.2. The molecule has 1 aliphatic carbocycles. The molecule has 4 fully saturated rings. The summed E-state index contributed by atoms with van der Waals surface area (Å²) in [5.41, 5.74) is 11.1. The van der Waals surface area contributed by atoms with Crippen LogP contribution >= 0.6 is 11.3 Å². The zero-order valence-electron chi connectivity index (χ0n) is 36.7. The molecule has 326 valence electrons. The summed E-state index contributed by atoms with van der Waals surface area (Å²) in [7, 11) is 3.97. The number of fused-ring (bicyclic) bond motifs is 8. The van der Waals surface area contributed by atoms with Crippen molar-refractivity contribution >= 4 is 40.0 Å². The molecular formula is C47H61N7O6S. The lowest BCUT2D eigenvalue weighted by atomic mass is 9.80. The van der Waals surface area contributed by atoms with Crippen LogP contribution in [0.5, 0.6) is 0 Å². The molecule has 14 heteroatoms. The molecule has 2 unspecified atom stereocenters. The first-order chi connectivity index (χ1) is 29.3. The van der Waals surface area contributed by atoms with E-state index in [1.807, 2.05) is 5.38 Å². The Morgan fingerprint density at radius 1 is 1.15 bits per heavy atom. The van der Waals surface area contributed by atoms with Gasteiger partial charge in [0, 0.05) is 83.6 Å². The molecule has 3 saturated heterocycles. The van der Waals surface area contributed by atoms with E-state index >= 15 is 0 Å². The number of benzene rings is 1. The van der Waals surface area contributed by atoms with Gasteiger partial charge in [0.1, 0.15) is 12.1 Å². The number of pyridine rings is 1. The first-order valence-corrected chi connectivity index (χ1v) is 23.2. The van der Waals surface area contributed by atoms with Crippen LogP contribution in [0.1, 0.15) is 101 Å². The van der Waals surface area contributed by atoms with E-state index in [0.717, 1.165) is 88.7 Å². The highest BCUT2D eigenvalue weighted by atomic mass is 32.1. The molecule has 3 aromatic heterocycles. The number of carbonyl (C=O) groups excluding carboxylic acids is 3. The average molecular weight is 852 g/mol. The second-order valence-electron chi connectivity index (χ2n) is 19.0. The molecule has 1 aromatic carbocycles. The lowest BCUT2D eigenvalue weighted by molar-refractivity contribution is -0.155. The van der Waals surface area contributed by atoms with Crippen LogP contribution in [0.2, 0.25) is 0 Å². The lowest BCUT2D eigenvalue weighted by Crippen LogP contribution is -2.60. The van der Waals surface area contributed by atoms with Crippen LogP contribution in [-0.2, 0) is 48.0 Å². The third-order valence-corrected chi connectivity index (χ3v) is 14.9. The van der Waals surface area contributed by atoms with Gasteiger partial charge < -0.3 is 24.1 Å². The minimum atomic E-state index is -0.829. The molecule has 13 nitrogen and oxygen atoms in total. The van der Waals surface area contributed by atoms with Crippen molar-refractivity contribution in [3.05, 3.63) is 57.7 Å². The van der Waals surface area contributed by atoms with E-state index in [2.05, 4.69) is 92.3 Å². The molecule has 4 aromatic rings. The van der Waals surface area contributed by atoms with Crippen molar-refractivity contribution in [3.63, 3.8) is 0 Å². The number of nitrogens with one attached hydrogen (secondary N) is 2. The molecule has 7 atom stereocenters. The Hall–Kier alpha value is -4.21. The van der Waals surface area contributed by atoms with Crippen molar-refractivity contribution in [3.8, 4) is 22.5 Å². The van der Waals surface area contributed by atoms with Crippen LogP contribution in [0.25, 0.3) is 33.4 Å². The Labute approximate surface area is 362 Å². The topological polar surface area (TPSA) is 140 Å². The Kier molecular flexibility index (Phi) is 11.6. The Morgan fingerprint density at radius 3 is 2.64 bits per heavy atom. The molecule has 61 heavy (non-hydrogen) atoms. The van der Waals surface area contributed by atoms with E-state index in [1.165, 1.54) is 21.9 Å². The summed E-state index contributed by atoms with van der Waals surface area (Å²) in [5, 5.41) is 8.49. The molecule has 1 saturated carbocycles. The number of cyclic esters (lactones) is 1. The van der Waals surface area contributed by atoms with Crippen LogP contribution in [0.3, 0.4) is 0 Å². The number of ether oxygens (including phenoxy) is 3. The van der Waals surface area contributed by atoms with Crippen molar-refractivity contribution in [2.75, 3.05) is 40.5 Å². The number of morpholine rings is 1. The van der Waals surface area contributed by atoms with Gasteiger partial charge in [0.15, 0.2) is 0 Å². The minimum absolute atomic E-state index is 0.0922. The van der Waals surface area contributed by atoms with Crippen molar-refractivity contribution in [2.45, 2.75) is 122 Å². The van der Waals surface area contributed by atoms with Gasteiger partial charge in [0.2, 0.25) is 5.91 Å². The van der Waals surface area contributed by atoms with Crippen molar-refractivity contribution < 1.29 is 28.6 Å². The summed E-state index contributed by atoms with van der Waals surface area (Å²) < 4.78 is 20.6.